The first-order chi connectivity index (χ1) is 16.8. The Labute approximate surface area is 204 Å². The number of carbonyl (C=O) groups excluding carboxylic acids is 1. The zero-order valence-electron chi connectivity index (χ0n) is 19.8. The third kappa shape index (κ3) is 3.70. The number of para-hydroxylation sites is 1. The number of esters is 1. The first-order valence-electron chi connectivity index (χ1n) is 11.5. The van der Waals surface area contributed by atoms with Crippen molar-refractivity contribution in [2.45, 2.75) is 25.7 Å². The molecule has 0 atom stereocenters. The summed E-state index contributed by atoms with van der Waals surface area (Å²) in [6.45, 7) is 5.78. The molecule has 0 bridgehead atoms. The SMILES string of the molecule is CCOC(=O)c1cc2c3ccccc3n(S(=O)(=O)c3ccc(C)cc3)c2c(-c2ccccc2)c1C. The summed E-state index contributed by atoms with van der Waals surface area (Å²) in [6.07, 6.45) is 0. The maximum atomic E-state index is 14.1. The number of rotatable bonds is 5. The number of aromatic nitrogens is 1. The molecule has 0 aliphatic carbocycles. The van der Waals surface area contributed by atoms with E-state index in [1.54, 1.807) is 43.3 Å². The Morgan fingerprint density at radius 3 is 2.20 bits per heavy atom. The van der Waals surface area contributed by atoms with E-state index >= 15 is 0 Å². The second-order valence-electron chi connectivity index (χ2n) is 8.51. The average molecular weight is 484 g/mol. The van der Waals surface area contributed by atoms with Gasteiger partial charge in [0.25, 0.3) is 10.0 Å². The Balaban J connectivity index is 1.99. The molecule has 0 aliphatic rings. The van der Waals surface area contributed by atoms with E-state index in [0.717, 1.165) is 16.5 Å². The standard InChI is InChI=1S/C29H25NO4S/c1-4-34-29(31)24-18-25-23-12-8-9-13-26(23)30(35(32,33)22-16-14-19(2)15-17-22)28(25)27(20(24)3)21-10-6-5-7-11-21/h5-18H,4H2,1-3H3. The van der Waals surface area contributed by atoms with Gasteiger partial charge in [-0.2, -0.15) is 0 Å². The maximum absolute atomic E-state index is 14.1. The highest BCUT2D eigenvalue weighted by molar-refractivity contribution is 7.90. The molecule has 0 saturated heterocycles. The molecule has 0 fully saturated rings. The lowest BCUT2D eigenvalue weighted by Crippen LogP contribution is -2.14. The lowest BCUT2D eigenvalue weighted by molar-refractivity contribution is 0.0526. The van der Waals surface area contributed by atoms with Crippen LogP contribution in [0.4, 0.5) is 0 Å². The molecule has 6 heteroatoms. The fourth-order valence-electron chi connectivity index (χ4n) is 4.63. The van der Waals surface area contributed by atoms with Crippen molar-refractivity contribution < 1.29 is 17.9 Å². The van der Waals surface area contributed by atoms with Gasteiger partial charge in [0.05, 0.1) is 28.1 Å². The number of ether oxygens (including phenoxy) is 1. The molecular weight excluding hydrogens is 458 g/mol. The van der Waals surface area contributed by atoms with Crippen LogP contribution in [0, 0.1) is 13.8 Å². The van der Waals surface area contributed by atoms with Crippen molar-refractivity contribution in [3.05, 3.63) is 102 Å². The molecule has 0 spiro atoms. The van der Waals surface area contributed by atoms with Crippen LogP contribution in [-0.4, -0.2) is 25.0 Å². The van der Waals surface area contributed by atoms with Crippen LogP contribution in [0.15, 0.2) is 89.8 Å². The van der Waals surface area contributed by atoms with Crippen LogP contribution in [0.5, 0.6) is 0 Å². The van der Waals surface area contributed by atoms with Gasteiger partial charge in [0.1, 0.15) is 0 Å². The van der Waals surface area contributed by atoms with E-state index in [-0.39, 0.29) is 11.5 Å². The fourth-order valence-corrected chi connectivity index (χ4v) is 6.17. The summed E-state index contributed by atoms with van der Waals surface area (Å²) in [7, 11) is -3.96. The highest BCUT2D eigenvalue weighted by Gasteiger charge is 2.28. The van der Waals surface area contributed by atoms with Crippen molar-refractivity contribution in [3.8, 4) is 11.1 Å². The Morgan fingerprint density at radius 2 is 1.51 bits per heavy atom. The second kappa shape index (κ2) is 8.71. The number of hydrogen-bond donors (Lipinski definition) is 0. The topological polar surface area (TPSA) is 65.4 Å². The maximum Gasteiger partial charge on any atom is 0.338 e. The van der Waals surface area contributed by atoms with Gasteiger partial charge >= 0.3 is 5.97 Å². The summed E-state index contributed by atoms with van der Waals surface area (Å²) in [4.78, 5) is 13.1. The molecule has 0 N–H and O–H groups in total. The highest BCUT2D eigenvalue weighted by atomic mass is 32.2. The van der Waals surface area contributed by atoms with Crippen molar-refractivity contribution in [1.82, 2.24) is 3.97 Å². The van der Waals surface area contributed by atoms with Gasteiger partial charge in [0, 0.05) is 16.3 Å². The average Bonchev–Trinajstić information content (AvgIpc) is 3.19. The van der Waals surface area contributed by atoms with E-state index in [9.17, 15) is 13.2 Å². The van der Waals surface area contributed by atoms with Crippen molar-refractivity contribution in [2.24, 2.45) is 0 Å². The summed E-state index contributed by atoms with van der Waals surface area (Å²) in [5, 5.41) is 1.43. The van der Waals surface area contributed by atoms with E-state index < -0.39 is 16.0 Å². The van der Waals surface area contributed by atoms with Crippen LogP contribution >= 0.6 is 0 Å². The Kier molecular flexibility index (Phi) is 5.69. The molecule has 35 heavy (non-hydrogen) atoms. The van der Waals surface area contributed by atoms with Crippen LogP contribution in [-0.2, 0) is 14.8 Å². The molecule has 5 rings (SSSR count). The number of benzene rings is 4. The smallest absolute Gasteiger partial charge is 0.338 e. The number of aryl methyl sites for hydroxylation is 1. The van der Waals surface area contributed by atoms with Crippen LogP contribution in [0.2, 0.25) is 0 Å². The van der Waals surface area contributed by atoms with Crippen LogP contribution in [0.1, 0.15) is 28.4 Å². The molecule has 1 aromatic heterocycles. The number of carbonyl (C=O) groups is 1. The Morgan fingerprint density at radius 1 is 0.857 bits per heavy atom. The van der Waals surface area contributed by atoms with Gasteiger partial charge in [-0.05, 0) is 56.2 Å². The monoisotopic (exact) mass is 483 g/mol. The van der Waals surface area contributed by atoms with Crippen molar-refractivity contribution in [1.29, 1.82) is 0 Å². The molecule has 5 nitrogen and oxygen atoms in total. The van der Waals surface area contributed by atoms with Gasteiger partial charge in [0.15, 0.2) is 0 Å². The number of hydrogen-bond acceptors (Lipinski definition) is 4. The van der Waals surface area contributed by atoms with E-state index in [0.29, 0.717) is 33.1 Å². The van der Waals surface area contributed by atoms with Gasteiger partial charge in [-0.1, -0.05) is 66.2 Å². The number of nitrogens with zero attached hydrogens (tertiary/aromatic N) is 1. The van der Waals surface area contributed by atoms with Gasteiger partial charge in [-0.15, -0.1) is 0 Å². The fraction of sp³-hybridized carbons (Fsp3) is 0.138. The zero-order chi connectivity index (χ0) is 24.7. The summed E-state index contributed by atoms with van der Waals surface area (Å²) in [6, 6.07) is 25.6. The predicted molar refractivity (Wildman–Crippen MR) is 139 cm³/mol. The minimum atomic E-state index is -3.96. The quantitative estimate of drug-likeness (QED) is 0.268. The Bertz CT molecular complexity index is 1680. The van der Waals surface area contributed by atoms with Crippen molar-refractivity contribution >= 4 is 37.8 Å². The first-order valence-corrected chi connectivity index (χ1v) is 12.9. The lowest BCUT2D eigenvalue weighted by Gasteiger charge is -2.16. The van der Waals surface area contributed by atoms with Crippen molar-refractivity contribution in [2.75, 3.05) is 6.61 Å². The summed E-state index contributed by atoms with van der Waals surface area (Å²) in [5.41, 5.74) is 4.69. The molecule has 5 aromatic rings. The third-order valence-corrected chi connectivity index (χ3v) is 8.02. The van der Waals surface area contributed by atoms with E-state index in [1.165, 1.54) is 3.97 Å². The van der Waals surface area contributed by atoms with E-state index in [1.807, 2.05) is 62.4 Å². The Hall–Kier alpha value is -3.90. The van der Waals surface area contributed by atoms with Crippen molar-refractivity contribution in [3.63, 3.8) is 0 Å². The predicted octanol–water partition coefficient (Wildman–Crippen LogP) is 6.49. The second-order valence-corrected chi connectivity index (χ2v) is 10.3. The molecular formula is C29H25NO4S. The molecule has 0 radical (unpaired) electrons. The molecule has 0 amide bonds. The minimum absolute atomic E-state index is 0.205. The normalized spacial score (nSPS) is 11.7. The molecule has 1 heterocycles. The molecule has 0 aliphatic heterocycles. The van der Waals surface area contributed by atoms with Crippen LogP contribution < -0.4 is 0 Å². The summed E-state index contributed by atoms with van der Waals surface area (Å²) >= 11 is 0. The van der Waals surface area contributed by atoms with E-state index in [4.69, 9.17) is 4.74 Å². The summed E-state index contributed by atoms with van der Waals surface area (Å²) < 4.78 is 35.0. The minimum Gasteiger partial charge on any atom is -0.462 e. The third-order valence-electron chi connectivity index (χ3n) is 6.29. The number of fused-ring (bicyclic) bond motifs is 3. The van der Waals surface area contributed by atoms with Crippen LogP contribution in [0.25, 0.3) is 32.9 Å². The van der Waals surface area contributed by atoms with E-state index in [2.05, 4.69) is 0 Å². The zero-order valence-corrected chi connectivity index (χ0v) is 20.6. The lowest BCUT2D eigenvalue weighted by atomic mass is 9.93. The van der Waals surface area contributed by atoms with Gasteiger partial charge in [-0.3, -0.25) is 0 Å². The largest absolute Gasteiger partial charge is 0.462 e. The first kappa shape index (κ1) is 22.9. The van der Waals surface area contributed by atoms with Crippen LogP contribution in [0.3, 0.4) is 0 Å². The molecule has 4 aromatic carbocycles. The van der Waals surface area contributed by atoms with Gasteiger partial charge < -0.3 is 4.74 Å². The summed E-state index contributed by atoms with van der Waals surface area (Å²) in [5.74, 6) is -0.428. The molecule has 0 saturated carbocycles. The highest BCUT2D eigenvalue weighted by Crippen LogP contribution is 2.41. The molecule has 176 valence electrons. The van der Waals surface area contributed by atoms with Gasteiger partial charge in [0.2, 0.25) is 0 Å². The molecule has 0 unspecified atom stereocenters. The van der Waals surface area contributed by atoms with Gasteiger partial charge in [-0.25, -0.2) is 17.2 Å².